The molecule has 1 aromatic carbocycles. The molecule has 0 bridgehead atoms. The Morgan fingerprint density at radius 1 is 1.22 bits per heavy atom. The first kappa shape index (κ1) is 11.2. The maximum absolute atomic E-state index is 5.43. The van der Waals surface area contributed by atoms with E-state index in [2.05, 4.69) is 29.1 Å². The quantitative estimate of drug-likeness (QED) is 0.681. The summed E-state index contributed by atoms with van der Waals surface area (Å²) in [6, 6.07) is 8.20. The van der Waals surface area contributed by atoms with E-state index >= 15 is 0 Å². The lowest BCUT2D eigenvalue weighted by Gasteiger charge is -2.07. The highest BCUT2D eigenvalue weighted by molar-refractivity contribution is 7.71. The smallest absolute Gasteiger partial charge is 0.184 e. The van der Waals surface area contributed by atoms with Crippen LogP contribution >= 0.6 is 12.2 Å². The maximum Gasteiger partial charge on any atom is 0.184 e. The summed E-state index contributed by atoms with van der Waals surface area (Å²) in [5.41, 5.74) is 5.26. The van der Waals surface area contributed by atoms with Crippen molar-refractivity contribution in [3.63, 3.8) is 0 Å². The molecule has 5 heteroatoms. The summed E-state index contributed by atoms with van der Waals surface area (Å²) in [6.45, 7) is 4.06. The summed E-state index contributed by atoms with van der Waals surface area (Å²) in [7, 11) is 1.94. The first-order valence-corrected chi connectivity index (χ1v) is 6.20. The van der Waals surface area contributed by atoms with Crippen LogP contribution in [0.4, 0.5) is 0 Å². The number of imidazole rings is 1. The summed E-state index contributed by atoms with van der Waals surface area (Å²) in [4.78, 5) is 3.24. The van der Waals surface area contributed by atoms with Gasteiger partial charge >= 0.3 is 0 Å². The molecule has 3 aromatic rings. The Kier molecular flexibility index (Phi) is 2.38. The number of nitrogens with one attached hydrogen (secondary N) is 1. The lowest BCUT2D eigenvalue weighted by molar-refractivity contribution is 0.759. The molecule has 0 spiro atoms. The van der Waals surface area contributed by atoms with Gasteiger partial charge in [-0.1, -0.05) is 18.2 Å². The summed E-state index contributed by atoms with van der Waals surface area (Å²) in [5, 5.41) is 4.43. The Bertz CT molecular complexity index is 791. The van der Waals surface area contributed by atoms with E-state index in [0.717, 1.165) is 22.5 Å². The Hall–Kier alpha value is -1.88. The zero-order valence-electron chi connectivity index (χ0n) is 10.6. The normalized spacial score (nSPS) is 11.3. The number of aromatic amines is 1. The molecular weight excluding hydrogens is 244 g/mol. The first-order chi connectivity index (χ1) is 8.59. The molecule has 4 nitrogen and oxygen atoms in total. The van der Waals surface area contributed by atoms with Crippen molar-refractivity contribution in [2.45, 2.75) is 13.8 Å². The number of fused-ring (bicyclic) bond motifs is 1. The molecule has 0 atom stereocenters. The van der Waals surface area contributed by atoms with E-state index in [1.54, 1.807) is 0 Å². The molecule has 0 saturated carbocycles. The number of para-hydroxylation sites is 1. The van der Waals surface area contributed by atoms with Gasteiger partial charge in [0.15, 0.2) is 10.4 Å². The van der Waals surface area contributed by atoms with Gasteiger partial charge in [-0.15, -0.1) is 0 Å². The van der Waals surface area contributed by atoms with Crippen LogP contribution in [-0.4, -0.2) is 19.3 Å². The highest BCUT2D eigenvalue weighted by Gasteiger charge is 2.14. The number of aromatic nitrogens is 4. The van der Waals surface area contributed by atoms with Crippen LogP contribution < -0.4 is 0 Å². The SMILES string of the molecule is Cc1ccccc1-n1c(=S)[nH]c2c(C)nn(C)c21. The van der Waals surface area contributed by atoms with Gasteiger partial charge in [-0.2, -0.15) is 5.10 Å². The molecule has 2 aromatic heterocycles. The topological polar surface area (TPSA) is 38.5 Å². The molecule has 0 radical (unpaired) electrons. The molecular formula is C13H14N4S. The van der Waals surface area contributed by atoms with E-state index in [4.69, 9.17) is 12.2 Å². The van der Waals surface area contributed by atoms with Crippen LogP contribution in [0.3, 0.4) is 0 Å². The third-order valence-electron chi connectivity index (χ3n) is 3.20. The summed E-state index contributed by atoms with van der Waals surface area (Å²) in [5.74, 6) is 0. The molecule has 1 N–H and O–H groups in total. The standard InChI is InChI=1S/C13H14N4S/c1-8-6-4-5-7-10(8)17-12-11(14-13(17)18)9(2)15-16(12)3/h4-7H,1-3H3,(H,14,18). The van der Waals surface area contributed by atoms with Crippen molar-refractivity contribution < 1.29 is 0 Å². The van der Waals surface area contributed by atoms with Crippen molar-refractivity contribution in [2.75, 3.05) is 0 Å². The molecule has 0 saturated heterocycles. The van der Waals surface area contributed by atoms with Crippen molar-refractivity contribution >= 4 is 23.4 Å². The zero-order valence-corrected chi connectivity index (χ0v) is 11.4. The molecule has 18 heavy (non-hydrogen) atoms. The minimum atomic E-state index is 0.704. The van der Waals surface area contributed by atoms with Crippen LogP contribution in [-0.2, 0) is 7.05 Å². The molecule has 92 valence electrons. The van der Waals surface area contributed by atoms with Gasteiger partial charge in [-0.3, -0.25) is 4.57 Å². The Labute approximate surface area is 110 Å². The van der Waals surface area contributed by atoms with Gasteiger partial charge in [0.05, 0.1) is 11.4 Å². The molecule has 3 rings (SSSR count). The van der Waals surface area contributed by atoms with E-state index in [9.17, 15) is 0 Å². The van der Waals surface area contributed by atoms with Gasteiger partial charge in [0.2, 0.25) is 0 Å². The van der Waals surface area contributed by atoms with E-state index in [1.807, 2.05) is 35.4 Å². The highest BCUT2D eigenvalue weighted by Crippen LogP contribution is 2.23. The third kappa shape index (κ3) is 1.44. The summed E-state index contributed by atoms with van der Waals surface area (Å²) >= 11 is 5.43. The monoisotopic (exact) mass is 258 g/mol. The molecule has 0 aliphatic carbocycles. The maximum atomic E-state index is 5.43. The lowest BCUT2D eigenvalue weighted by atomic mass is 10.2. The van der Waals surface area contributed by atoms with Crippen molar-refractivity contribution in [1.29, 1.82) is 0 Å². The van der Waals surface area contributed by atoms with Gasteiger partial charge in [0.25, 0.3) is 0 Å². The van der Waals surface area contributed by atoms with Crippen LogP contribution in [0.2, 0.25) is 0 Å². The minimum Gasteiger partial charge on any atom is -0.327 e. The number of aryl methyl sites for hydroxylation is 3. The largest absolute Gasteiger partial charge is 0.327 e. The van der Waals surface area contributed by atoms with Gasteiger partial charge in [-0.05, 0) is 37.7 Å². The van der Waals surface area contributed by atoms with Crippen molar-refractivity contribution in [1.82, 2.24) is 19.3 Å². The van der Waals surface area contributed by atoms with E-state index < -0.39 is 0 Å². The van der Waals surface area contributed by atoms with E-state index in [0.29, 0.717) is 4.77 Å². The van der Waals surface area contributed by atoms with Gasteiger partial charge in [0.1, 0.15) is 5.52 Å². The average molecular weight is 258 g/mol. The second kappa shape index (κ2) is 3.81. The Morgan fingerprint density at radius 2 is 1.94 bits per heavy atom. The number of hydrogen-bond donors (Lipinski definition) is 1. The fourth-order valence-corrected chi connectivity index (χ4v) is 2.63. The van der Waals surface area contributed by atoms with Crippen LogP contribution in [0.5, 0.6) is 0 Å². The van der Waals surface area contributed by atoms with Crippen molar-refractivity contribution in [3.05, 3.63) is 40.3 Å². The van der Waals surface area contributed by atoms with Crippen molar-refractivity contribution in [3.8, 4) is 5.69 Å². The molecule has 0 amide bonds. The average Bonchev–Trinajstić information content (AvgIpc) is 2.79. The Morgan fingerprint density at radius 3 is 2.67 bits per heavy atom. The van der Waals surface area contributed by atoms with Crippen LogP contribution in [0, 0.1) is 18.6 Å². The van der Waals surface area contributed by atoms with E-state index in [-0.39, 0.29) is 0 Å². The zero-order chi connectivity index (χ0) is 12.9. The summed E-state index contributed by atoms with van der Waals surface area (Å²) in [6.07, 6.45) is 0. The van der Waals surface area contributed by atoms with Crippen LogP contribution in [0.25, 0.3) is 16.9 Å². The number of hydrogen-bond acceptors (Lipinski definition) is 2. The van der Waals surface area contributed by atoms with Crippen LogP contribution in [0.1, 0.15) is 11.3 Å². The lowest BCUT2D eigenvalue weighted by Crippen LogP contribution is -2.02. The second-order valence-electron chi connectivity index (χ2n) is 4.46. The third-order valence-corrected chi connectivity index (χ3v) is 3.48. The second-order valence-corrected chi connectivity index (χ2v) is 4.85. The van der Waals surface area contributed by atoms with Gasteiger partial charge in [-0.25, -0.2) is 4.68 Å². The summed E-state index contributed by atoms with van der Waals surface area (Å²) < 4.78 is 4.61. The highest BCUT2D eigenvalue weighted by atomic mass is 32.1. The number of H-pyrrole nitrogens is 1. The Balaban J connectivity index is 2.46. The van der Waals surface area contributed by atoms with E-state index in [1.165, 1.54) is 5.56 Å². The molecule has 0 aliphatic heterocycles. The van der Waals surface area contributed by atoms with Crippen molar-refractivity contribution in [2.24, 2.45) is 7.05 Å². The predicted octanol–water partition coefficient (Wildman–Crippen LogP) is 3.04. The molecule has 0 unspecified atom stereocenters. The predicted molar refractivity (Wildman–Crippen MR) is 74.7 cm³/mol. The molecule has 0 fully saturated rings. The fourth-order valence-electron chi connectivity index (χ4n) is 2.35. The number of rotatable bonds is 1. The van der Waals surface area contributed by atoms with Crippen LogP contribution in [0.15, 0.2) is 24.3 Å². The minimum absolute atomic E-state index is 0.704. The number of nitrogens with zero attached hydrogens (tertiary/aromatic N) is 3. The van der Waals surface area contributed by atoms with Gasteiger partial charge in [0, 0.05) is 7.05 Å². The number of benzene rings is 1. The molecule has 2 heterocycles. The molecule has 0 aliphatic rings. The first-order valence-electron chi connectivity index (χ1n) is 5.80. The fraction of sp³-hybridized carbons (Fsp3) is 0.231. The van der Waals surface area contributed by atoms with Gasteiger partial charge < -0.3 is 4.98 Å².